The van der Waals surface area contributed by atoms with Crippen LogP contribution in [0.25, 0.3) is 0 Å². The van der Waals surface area contributed by atoms with Gasteiger partial charge in [0.15, 0.2) is 0 Å². The molecule has 1 amide bonds. The van der Waals surface area contributed by atoms with Crippen molar-refractivity contribution in [2.75, 3.05) is 18.9 Å². The number of phenols is 1. The average molecular weight is 272 g/mol. The molecule has 0 aliphatic rings. The van der Waals surface area contributed by atoms with Gasteiger partial charge in [-0.05, 0) is 18.6 Å². The molecule has 0 aliphatic heterocycles. The van der Waals surface area contributed by atoms with E-state index in [-0.39, 0.29) is 11.7 Å². The van der Waals surface area contributed by atoms with Crippen molar-refractivity contribution < 1.29 is 9.90 Å². The van der Waals surface area contributed by atoms with Gasteiger partial charge in [-0.1, -0.05) is 28.1 Å². The number of halogens is 1. The van der Waals surface area contributed by atoms with Gasteiger partial charge in [-0.15, -0.1) is 0 Å². The zero-order valence-electron chi connectivity index (χ0n) is 8.83. The first-order valence-corrected chi connectivity index (χ1v) is 5.80. The molecule has 0 heterocycles. The Balaban J connectivity index is 2.96. The molecule has 0 atom stereocenters. The van der Waals surface area contributed by atoms with Crippen LogP contribution >= 0.6 is 15.9 Å². The number of rotatable bonds is 3. The van der Waals surface area contributed by atoms with Crippen molar-refractivity contribution >= 4 is 21.8 Å². The number of aromatic hydroxyl groups is 1. The van der Waals surface area contributed by atoms with Crippen LogP contribution in [0.5, 0.6) is 5.75 Å². The molecule has 0 fully saturated rings. The van der Waals surface area contributed by atoms with Crippen molar-refractivity contribution in [2.24, 2.45) is 0 Å². The molecule has 0 radical (unpaired) electrons. The lowest BCUT2D eigenvalue weighted by Gasteiger charge is -2.16. The molecular formula is C11H14BrNO2. The van der Waals surface area contributed by atoms with Gasteiger partial charge in [0.1, 0.15) is 5.75 Å². The van der Waals surface area contributed by atoms with Crippen molar-refractivity contribution in [2.45, 2.75) is 6.92 Å². The monoisotopic (exact) mass is 271 g/mol. The maximum atomic E-state index is 11.9. The van der Waals surface area contributed by atoms with Gasteiger partial charge in [0.05, 0.1) is 5.56 Å². The number of benzene rings is 1. The van der Waals surface area contributed by atoms with E-state index < -0.39 is 0 Å². The fraction of sp³-hybridized carbons (Fsp3) is 0.364. The Kier molecular flexibility index (Phi) is 4.15. The molecule has 0 aliphatic carbocycles. The minimum absolute atomic E-state index is 0.0731. The zero-order valence-corrected chi connectivity index (χ0v) is 10.4. The van der Waals surface area contributed by atoms with Crippen LogP contribution in [-0.2, 0) is 0 Å². The van der Waals surface area contributed by atoms with Gasteiger partial charge >= 0.3 is 0 Å². The minimum atomic E-state index is -0.157. The summed E-state index contributed by atoms with van der Waals surface area (Å²) in [5.41, 5.74) is 1.08. The van der Waals surface area contributed by atoms with E-state index in [0.717, 1.165) is 5.33 Å². The van der Waals surface area contributed by atoms with Crippen LogP contribution in [0.4, 0.5) is 0 Å². The van der Waals surface area contributed by atoms with Gasteiger partial charge in [0, 0.05) is 18.9 Å². The minimum Gasteiger partial charge on any atom is -0.507 e. The largest absolute Gasteiger partial charge is 0.507 e. The highest BCUT2D eigenvalue weighted by Crippen LogP contribution is 2.22. The smallest absolute Gasteiger partial charge is 0.257 e. The van der Waals surface area contributed by atoms with Crippen molar-refractivity contribution in [1.29, 1.82) is 0 Å². The molecule has 1 rings (SSSR count). The number of phenolic OH excluding ortho intramolecular Hbond substituents is 1. The summed E-state index contributed by atoms with van der Waals surface area (Å²) >= 11 is 3.27. The van der Waals surface area contributed by atoms with Gasteiger partial charge in [0.25, 0.3) is 5.91 Å². The second-order valence-electron chi connectivity index (χ2n) is 3.39. The molecule has 1 aromatic carbocycles. The molecule has 0 saturated heterocycles. The first kappa shape index (κ1) is 12.0. The lowest BCUT2D eigenvalue weighted by molar-refractivity contribution is 0.0801. The molecule has 15 heavy (non-hydrogen) atoms. The van der Waals surface area contributed by atoms with E-state index in [1.54, 1.807) is 37.1 Å². The van der Waals surface area contributed by atoms with Gasteiger partial charge < -0.3 is 10.0 Å². The summed E-state index contributed by atoms with van der Waals surface area (Å²) in [6.45, 7) is 2.39. The molecule has 0 unspecified atom stereocenters. The number of carbonyl (C=O) groups is 1. The number of nitrogens with zero attached hydrogens (tertiary/aromatic N) is 1. The summed E-state index contributed by atoms with van der Waals surface area (Å²) in [6.07, 6.45) is 0. The van der Waals surface area contributed by atoms with E-state index in [4.69, 9.17) is 0 Å². The Morgan fingerprint density at radius 3 is 2.80 bits per heavy atom. The topological polar surface area (TPSA) is 40.5 Å². The third kappa shape index (κ3) is 2.72. The molecule has 1 N–H and O–H groups in total. The molecule has 0 saturated carbocycles. The Labute approximate surface area is 97.8 Å². The fourth-order valence-electron chi connectivity index (χ4n) is 1.27. The molecule has 82 valence electrons. The molecule has 0 spiro atoms. The van der Waals surface area contributed by atoms with Crippen molar-refractivity contribution in [3.05, 3.63) is 29.3 Å². The number of hydrogen-bond donors (Lipinski definition) is 1. The summed E-state index contributed by atoms with van der Waals surface area (Å²) < 4.78 is 0. The number of aryl methyl sites for hydroxylation is 1. The van der Waals surface area contributed by atoms with Crippen molar-refractivity contribution in [3.63, 3.8) is 0 Å². The van der Waals surface area contributed by atoms with Crippen molar-refractivity contribution in [1.82, 2.24) is 4.90 Å². The van der Waals surface area contributed by atoms with E-state index in [0.29, 0.717) is 17.7 Å². The maximum absolute atomic E-state index is 11.9. The molecule has 0 bridgehead atoms. The van der Waals surface area contributed by atoms with Crippen LogP contribution in [0, 0.1) is 6.92 Å². The van der Waals surface area contributed by atoms with E-state index >= 15 is 0 Å². The summed E-state index contributed by atoms with van der Waals surface area (Å²) in [7, 11) is 1.71. The second kappa shape index (κ2) is 5.16. The third-order valence-electron chi connectivity index (χ3n) is 2.23. The lowest BCUT2D eigenvalue weighted by Crippen LogP contribution is -2.28. The summed E-state index contributed by atoms with van der Waals surface area (Å²) in [6, 6.07) is 5.18. The molecule has 0 aromatic heterocycles. The first-order chi connectivity index (χ1) is 7.07. The predicted octanol–water partition coefficient (Wildman–Crippen LogP) is 2.17. The van der Waals surface area contributed by atoms with E-state index in [1.165, 1.54) is 0 Å². The summed E-state index contributed by atoms with van der Waals surface area (Å²) in [4.78, 5) is 13.4. The Hall–Kier alpha value is -1.03. The SMILES string of the molecule is Cc1cccc(C(=O)N(C)CCBr)c1O. The van der Waals surface area contributed by atoms with E-state index in [2.05, 4.69) is 15.9 Å². The number of hydrogen-bond acceptors (Lipinski definition) is 2. The van der Waals surface area contributed by atoms with Crippen LogP contribution in [0.2, 0.25) is 0 Å². The summed E-state index contributed by atoms with van der Waals surface area (Å²) in [5, 5.41) is 10.4. The normalized spacial score (nSPS) is 10.1. The van der Waals surface area contributed by atoms with Crippen LogP contribution in [0.15, 0.2) is 18.2 Å². The number of para-hydroxylation sites is 1. The van der Waals surface area contributed by atoms with Crippen LogP contribution in [0.1, 0.15) is 15.9 Å². The first-order valence-electron chi connectivity index (χ1n) is 4.68. The zero-order chi connectivity index (χ0) is 11.4. The highest BCUT2D eigenvalue weighted by atomic mass is 79.9. The van der Waals surface area contributed by atoms with Crippen molar-refractivity contribution in [3.8, 4) is 5.75 Å². The van der Waals surface area contributed by atoms with Gasteiger partial charge in [0.2, 0.25) is 0 Å². The second-order valence-corrected chi connectivity index (χ2v) is 4.18. The Bertz CT molecular complexity index is 366. The molecule has 3 nitrogen and oxygen atoms in total. The van der Waals surface area contributed by atoms with Crippen LogP contribution in [0.3, 0.4) is 0 Å². The standard InChI is InChI=1S/C11H14BrNO2/c1-8-4-3-5-9(10(8)14)11(15)13(2)7-6-12/h3-5,14H,6-7H2,1-2H3. The highest BCUT2D eigenvalue weighted by Gasteiger charge is 2.15. The van der Waals surface area contributed by atoms with Gasteiger partial charge in [-0.2, -0.15) is 0 Å². The maximum Gasteiger partial charge on any atom is 0.257 e. The summed E-state index contributed by atoms with van der Waals surface area (Å²) in [5.74, 6) is -0.0837. The third-order valence-corrected chi connectivity index (χ3v) is 2.59. The van der Waals surface area contributed by atoms with E-state index in [9.17, 15) is 9.90 Å². The predicted molar refractivity (Wildman–Crippen MR) is 63.6 cm³/mol. The highest BCUT2D eigenvalue weighted by molar-refractivity contribution is 9.09. The molecular weight excluding hydrogens is 258 g/mol. The van der Waals surface area contributed by atoms with E-state index in [1.807, 2.05) is 0 Å². The van der Waals surface area contributed by atoms with Gasteiger partial charge in [-0.25, -0.2) is 0 Å². The quantitative estimate of drug-likeness (QED) is 0.857. The Morgan fingerprint density at radius 1 is 1.53 bits per heavy atom. The van der Waals surface area contributed by atoms with Crippen LogP contribution < -0.4 is 0 Å². The number of amides is 1. The number of carbonyl (C=O) groups excluding carboxylic acids is 1. The lowest BCUT2D eigenvalue weighted by atomic mass is 10.1. The fourth-order valence-corrected chi connectivity index (χ4v) is 1.80. The Morgan fingerprint density at radius 2 is 2.20 bits per heavy atom. The van der Waals surface area contributed by atoms with Gasteiger partial charge in [-0.3, -0.25) is 4.79 Å². The molecule has 4 heteroatoms. The number of alkyl halides is 1. The van der Waals surface area contributed by atoms with Crippen LogP contribution in [-0.4, -0.2) is 34.8 Å². The molecule has 1 aromatic rings. The average Bonchev–Trinajstić information content (AvgIpc) is 2.21.